The van der Waals surface area contributed by atoms with Crippen molar-refractivity contribution < 1.29 is 26.3 Å². The number of hydrogen-bond donors (Lipinski definition) is 0. The Morgan fingerprint density at radius 1 is 0.818 bits per heavy atom. The zero-order chi connectivity index (χ0) is 9.07. The largest absolute Gasteiger partial charge is 0.295 e. The van der Waals surface area contributed by atoms with Crippen molar-refractivity contribution in [2.24, 2.45) is 0 Å². The van der Waals surface area contributed by atoms with E-state index in [0.29, 0.717) is 0 Å². The molecule has 0 spiro atoms. The molecule has 0 aliphatic rings. The summed E-state index contributed by atoms with van der Waals surface area (Å²) in [6, 6.07) is 0. The zero-order valence-corrected chi connectivity index (χ0v) is 4.92. The fourth-order valence-electron chi connectivity index (χ4n) is 0.333. The first-order valence-corrected chi connectivity index (χ1v) is 2.29. The summed E-state index contributed by atoms with van der Waals surface area (Å²) < 4.78 is 68.0. The summed E-state index contributed by atoms with van der Waals surface area (Å²) in [6.45, 7) is 0. The molecule has 0 atom stereocenters. The van der Waals surface area contributed by atoms with Crippen LogP contribution in [0.3, 0.4) is 0 Å². The molecule has 0 unspecified atom stereocenters. The fraction of sp³-hybridized carbons (Fsp3) is 0.200. The molecule has 0 saturated carbocycles. The van der Waals surface area contributed by atoms with Gasteiger partial charge in [-0.2, -0.15) is 26.3 Å². The highest BCUT2D eigenvalue weighted by molar-refractivity contribution is 5.08. The first-order valence-electron chi connectivity index (χ1n) is 2.29. The van der Waals surface area contributed by atoms with Gasteiger partial charge in [0.15, 0.2) is 0 Å². The molecule has 0 fully saturated rings. The summed E-state index contributed by atoms with van der Waals surface area (Å²) in [5, 5.41) is 0. The fourth-order valence-corrected chi connectivity index (χ4v) is 0.333. The van der Waals surface area contributed by atoms with E-state index in [2.05, 4.69) is 0 Å². The van der Waals surface area contributed by atoms with Crippen LogP contribution in [0.2, 0.25) is 0 Å². The number of allylic oxidation sites excluding steroid dienone is 2. The average molecular weight is 176 g/mol. The highest BCUT2D eigenvalue weighted by Crippen LogP contribution is 2.22. The van der Waals surface area contributed by atoms with Crippen LogP contribution in [-0.4, -0.2) is 5.92 Å². The average Bonchev–Trinajstić information content (AvgIpc) is 1.53. The normalized spacial score (nSPS) is 10.7. The summed E-state index contributed by atoms with van der Waals surface area (Å²) in [7, 11) is 0. The molecule has 0 bridgehead atoms. The minimum atomic E-state index is -4.28. The second kappa shape index (κ2) is 3.45. The SMILES string of the molecule is FC(F)=CC(F)(F)C=C(F)F. The molecule has 0 radical (unpaired) electrons. The van der Waals surface area contributed by atoms with Crippen LogP contribution in [0.1, 0.15) is 0 Å². The van der Waals surface area contributed by atoms with Crippen LogP contribution in [0.4, 0.5) is 26.3 Å². The molecule has 0 aromatic rings. The molecule has 0 aromatic heterocycles. The van der Waals surface area contributed by atoms with Gasteiger partial charge in [-0.3, -0.25) is 0 Å². The van der Waals surface area contributed by atoms with Gasteiger partial charge in [-0.15, -0.1) is 0 Å². The molecule has 0 rings (SSSR count). The smallest absolute Gasteiger partial charge is 0.197 e. The topological polar surface area (TPSA) is 0 Å². The summed E-state index contributed by atoms with van der Waals surface area (Å²) in [6.07, 6.45) is -7.11. The van der Waals surface area contributed by atoms with Gasteiger partial charge >= 0.3 is 0 Å². The molecule has 6 heteroatoms. The predicted molar refractivity (Wildman–Crippen MR) is 25.5 cm³/mol. The van der Waals surface area contributed by atoms with Crippen molar-refractivity contribution in [1.82, 2.24) is 0 Å². The molecular formula is C5H2F6. The van der Waals surface area contributed by atoms with E-state index in [1.807, 2.05) is 0 Å². The maximum absolute atomic E-state index is 11.8. The van der Waals surface area contributed by atoms with Crippen LogP contribution in [-0.2, 0) is 0 Å². The molecule has 0 aliphatic heterocycles. The van der Waals surface area contributed by atoms with Crippen LogP contribution < -0.4 is 0 Å². The van der Waals surface area contributed by atoms with Gasteiger partial charge in [-0.25, -0.2) is 0 Å². The summed E-state index contributed by atoms with van der Waals surface area (Å²) in [5.74, 6) is -4.28. The van der Waals surface area contributed by atoms with E-state index in [4.69, 9.17) is 0 Å². The third-order valence-corrected chi connectivity index (χ3v) is 0.603. The van der Waals surface area contributed by atoms with Gasteiger partial charge in [-0.05, 0) is 0 Å². The van der Waals surface area contributed by atoms with E-state index in [0.717, 1.165) is 0 Å². The third kappa shape index (κ3) is 5.50. The van der Waals surface area contributed by atoms with Gasteiger partial charge in [0, 0.05) is 0 Å². The molecule has 0 aromatic carbocycles. The van der Waals surface area contributed by atoms with Crippen LogP contribution in [0.15, 0.2) is 24.3 Å². The van der Waals surface area contributed by atoms with Crippen LogP contribution in [0.25, 0.3) is 0 Å². The Bertz CT molecular complexity index is 163. The van der Waals surface area contributed by atoms with Gasteiger partial charge in [0.2, 0.25) is 0 Å². The van der Waals surface area contributed by atoms with Crippen molar-refractivity contribution in [2.45, 2.75) is 5.92 Å². The number of rotatable bonds is 2. The molecule has 0 aliphatic carbocycles. The van der Waals surface area contributed by atoms with E-state index in [1.165, 1.54) is 0 Å². The molecule has 0 heterocycles. The lowest BCUT2D eigenvalue weighted by Crippen LogP contribution is -2.07. The molecule has 64 valence electrons. The number of alkyl halides is 2. The molecular weight excluding hydrogens is 174 g/mol. The minimum absolute atomic E-state index is 0.855. The Balaban J connectivity index is 4.48. The Labute approximate surface area is 57.8 Å². The summed E-state index contributed by atoms with van der Waals surface area (Å²) in [4.78, 5) is 0. The highest BCUT2D eigenvalue weighted by atomic mass is 19.3. The van der Waals surface area contributed by atoms with Crippen molar-refractivity contribution in [3.05, 3.63) is 24.3 Å². The first-order chi connectivity index (χ1) is 4.83. The van der Waals surface area contributed by atoms with Crippen molar-refractivity contribution in [2.75, 3.05) is 0 Å². The molecule has 0 saturated heterocycles. The van der Waals surface area contributed by atoms with E-state index in [9.17, 15) is 26.3 Å². The molecule has 0 nitrogen and oxygen atoms in total. The number of halogens is 6. The predicted octanol–water partition coefficient (Wildman–Crippen LogP) is 3.18. The van der Waals surface area contributed by atoms with Gasteiger partial charge in [-0.1, -0.05) is 0 Å². The lowest BCUT2D eigenvalue weighted by Gasteiger charge is -2.01. The van der Waals surface area contributed by atoms with Crippen molar-refractivity contribution in [1.29, 1.82) is 0 Å². The van der Waals surface area contributed by atoms with Crippen LogP contribution >= 0.6 is 0 Å². The van der Waals surface area contributed by atoms with E-state index < -0.39 is 30.2 Å². The lowest BCUT2D eigenvalue weighted by molar-refractivity contribution is 0.100. The second-order valence-corrected chi connectivity index (χ2v) is 1.54. The van der Waals surface area contributed by atoms with Gasteiger partial charge in [0.25, 0.3) is 18.1 Å². The van der Waals surface area contributed by atoms with Crippen LogP contribution in [0.5, 0.6) is 0 Å². The monoisotopic (exact) mass is 176 g/mol. The van der Waals surface area contributed by atoms with Crippen LogP contribution in [0, 0.1) is 0 Å². The number of hydrogen-bond acceptors (Lipinski definition) is 0. The Morgan fingerprint density at radius 3 is 1.27 bits per heavy atom. The highest BCUT2D eigenvalue weighted by Gasteiger charge is 2.25. The summed E-state index contributed by atoms with van der Waals surface area (Å²) in [5.41, 5.74) is 0. The Kier molecular flexibility index (Phi) is 3.16. The quantitative estimate of drug-likeness (QED) is 0.566. The lowest BCUT2D eigenvalue weighted by atomic mass is 10.3. The van der Waals surface area contributed by atoms with E-state index in [-0.39, 0.29) is 0 Å². The molecule has 11 heavy (non-hydrogen) atoms. The first kappa shape index (κ1) is 10.1. The Hall–Kier alpha value is -0.940. The van der Waals surface area contributed by atoms with Gasteiger partial charge in [0.05, 0.1) is 12.2 Å². The maximum Gasteiger partial charge on any atom is 0.295 e. The minimum Gasteiger partial charge on any atom is -0.197 e. The maximum atomic E-state index is 11.8. The van der Waals surface area contributed by atoms with Crippen molar-refractivity contribution in [3.8, 4) is 0 Å². The van der Waals surface area contributed by atoms with Crippen molar-refractivity contribution in [3.63, 3.8) is 0 Å². The third-order valence-electron chi connectivity index (χ3n) is 0.603. The van der Waals surface area contributed by atoms with Gasteiger partial charge < -0.3 is 0 Å². The molecule has 0 N–H and O–H groups in total. The zero-order valence-electron chi connectivity index (χ0n) is 4.92. The molecule has 0 amide bonds. The van der Waals surface area contributed by atoms with E-state index in [1.54, 1.807) is 0 Å². The van der Waals surface area contributed by atoms with E-state index >= 15 is 0 Å². The van der Waals surface area contributed by atoms with Gasteiger partial charge in [0.1, 0.15) is 0 Å². The second-order valence-electron chi connectivity index (χ2n) is 1.54. The summed E-state index contributed by atoms with van der Waals surface area (Å²) >= 11 is 0. The Morgan fingerprint density at radius 2 is 1.09 bits per heavy atom. The standard InChI is InChI=1S/C5H2F6/c6-3(7)1-5(10,11)2-4(8)9/h1-2H. The van der Waals surface area contributed by atoms with Crippen molar-refractivity contribution >= 4 is 0 Å².